The fourth-order valence-corrected chi connectivity index (χ4v) is 3.78. The molecular weight excluding hydrogens is 357 g/mol. The number of likely N-dealkylation sites (tertiary alicyclic amines) is 1. The van der Waals surface area contributed by atoms with E-state index < -0.39 is 0 Å². The number of aromatic nitrogens is 4. The average Bonchev–Trinajstić information content (AvgIpc) is 3.04. The van der Waals surface area contributed by atoms with Crippen LogP contribution < -0.4 is 11.1 Å². The van der Waals surface area contributed by atoms with Gasteiger partial charge in [0.05, 0.1) is 6.20 Å². The predicted octanol–water partition coefficient (Wildman–Crippen LogP) is 2.54. The molecule has 1 aliphatic heterocycles. The first kappa shape index (κ1) is 18.8. The molecule has 3 N–H and O–H groups in total. The molecule has 0 saturated carbocycles. The van der Waals surface area contributed by atoms with Crippen LogP contribution in [0.25, 0.3) is 17.2 Å². The third-order valence-corrected chi connectivity index (χ3v) is 4.84. The first-order valence-electron chi connectivity index (χ1n) is 9.61. The van der Waals surface area contributed by atoms with Crippen LogP contribution in [0, 0.1) is 5.82 Å². The molecular formula is C20H26FN7. The van der Waals surface area contributed by atoms with Gasteiger partial charge in [0.25, 0.3) is 0 Å². The summed E-state index contributed by atoms with van der Waals surface area (Å²) >= 11 is 0. The summed E-state index contributed by atoms with van der Waals surface area (Å²) < 4.78 is 15.3. The molecule has 3 aromatic heterocycles. The summed E-state index contributed by atoms with van der Waals surface area (Å²) in [6.45, 7) is 6.98. The van der Waals surface area contributed by atoms with Gasteiger partial charge in [0, 0.05) is 37.1 Å². The van der Waals surface area contributed by atoms with E-state index in [4.69, 9.17) is 5.73 Å². The maximum absolute atomic E-state index is 13.6. The zero-order valence-electron chi connectivity index (χ0n) is 16.3. The lowest BCUT2D eigenvalue weighted by atomic mass is 10.0. The summed E-state index contributed by atoms with van der Waals surface area (Å²) in [6, 6.07) is 5.19. The number of rotatable bonds is 5. The first-order chi connectivity index (χ1) is 13.4. The third kappa shape index (κ3) is 4.28. The Balaban J connectivity index is 1.52. The molecule has 1 aliphatic rings. The van der Waals surface area contributed by atoms with Gasteiger partial charge in [-0.05, 0) is 51.4 Å². The molecule has 0 bridgehead atoms. The Morgan fingerprint density at radius 3 is 2.96 bits per heavy atom. The number of anilines is 1. The number of pyridine rings is 1. The molecule has 1 fully saturated rings. The molecule has 0 unspecified atom stereocenters. The van der Waals surface area contributed by atoms with Gasteiger partial charge in [0.2, 0.25) is 0 Å². The Morgan fingerprint density at radius 1 is 1.29 bits per heavy atom. The molecule has 1 saturated heterocycles. The first-order valence-corrected chi connectivity index (χ1v) is 9.61. The number of imidazole rings is 1. The van der Waals surface area contributed by atoms with Crippen LogP contribution in [-0.4, -0.2) is 55.5 Å². The van der Waals surface area contributed by atoms with Crippen LogP contribution in [0.2, 0.25) is 0 Å². The Bertz CT molecular complexity index is 963. The monoisotopic (exact) mass is 383 g/mol. The van der Waals surface area contributed by atoms with Crippen molar-refractivity contribution in [3.8, 4) is 11.5 Å². The van der Waals surface area contributed by atoms with E-state index in [0.717, 1.165) is 38.3 Å². The van der Waals surface area contributed by atoms with Crippen molar-refractivity contribution < 1.29 is 4.39 Å². The van der Waals surface area contributed by atoms with Crippen molar-refractivity contribution in [2.45, 2.75) is 38.3 Å². The number of piperidine rings is 1. The minimum atomic E-state index is -0.328. The summed E-state index contributed by atoms with van der Waals surface area (Å²) in [4.78, 5) is 15.7. The van der Waals surface area contributed by atoms with Gasteiger partial charge in [-0.1, -0.05) is 0 Å². The van der Waals surface area contributed by atoms with Crippen molar-refractivity contribution >= 4 is 11.5 Å². The van der Waals surface area contributed by atoms with Crippen LogP contribution in [0.5, 0.6) is 0 Å². The average molecular weight is 383 g/mol. The van der Waals surface area contributed by atoms with Gasteiger partial charge in [-0.15, -0.1) is 0 Å². The van der Waals surface area contributed by atoms with Crippen molar-refractivity contribution in [2.75, 3.05) is 25.0 Å². The summed E-state index contributed by atoms with van der Waals surface area (Å²) in [5, 5.41) is 3.52. The lowest BCUT2D eigenvalue weighted by Crippen LogP contribution is -2.51. The van der Waals surface area contributed by atoms with E-state index in [9.17, 15) is 4.39 Å². The number of hydrogen-bond donors (Lipinski definition) is 2. The molecule has 4 rings (SSSR count). The van der Waals surface area contributed by atoms with Gasteiger partial charge in [-0.2, -0.15) is 0 Å². The topological polar surface area (TPSA) is 84.4 Å². The van der Waals surface area contributed by atoms with E-state index in [1.54, 1.807) is 22.9 Å². The number of nitrogens with two attached hydrogens (primary N) is 1. The van der Waals surface area contributed by atoms with Crippen LogP contribution in [0.4, 0.5) is 10.2 Å². The molecule has 0 aromatic carbocycles. The van der Waals surface area contributed by atoms with E-state index >= 15 is 0 Å². The van der Waals surface area contributed by atoms with Gasteiger partial charge in [0.15, 0.2) is 5.82 Å². The Labute approximate surface area is 163 Å². The van der Waals surface area contributed by atoms with E-state index in [2.05, 4.69) is 39.0 Å². The molecule has 7 nitrogen and oxygen atoms in total. The number of halogens is 1. The van der Waals surface area contributed by atoms with Crippen LogP contribution in [0.3, 0.4) is 0 Å². The van der Waals surface area contributed by atoms with E-state index in [1.807, 2.05) is 6.07 Å². The molecule has 1 atom stereocenters. The zero-order valence-corrected chi connectivity index (χ0v) is 16.3. The van der Waals surface area contributed by atoms with Crippen molar-refractivity contribution in [1.29, 1.82) is 0 Å². The minimum Gasteiger partial charge on any atom is -0.366 e. The molecule has 8 heteroatoms. The summed E-state index contributed by atoms with van der Waals surface area (Å²) in [6.07, 6.45) is 6.99. The zero-order chi connectivity index (χ0) is 19.7. The highest BCUT2D eigenvalue weighted by molar-refractivity contribution is 5.58. The van der Waals surface area contributed by atoms with Gasteiger partial charge in [0.1, 0.15) is 23.0 Å². The maximum Gasteiger partial charge on any atom is 0.180 e. The van der Waals surface area contributed by atoms with Gasteiger partial charge < -0.3 is 11.1 Å². The van der Waals surface area contributed by atoms with Crippen LogP contribution in [-0.2, 0) is 0 Å². The lowest BCUT2D eigenvalue weighted by Gasteiger charge is -2.36. The normalized spacial score (nSPS) is 18.5. The quantitative estimate of drug-likeness (QED) is 0.704. The third-order valence-electron chi connectivity index (χ3n) is 4.84. The second kappa shape index (κ2) is 7.44. The Morgan fingerprint density at radius 2 is 2.14 bits per heavy atom. The second-order valence-corrected chi connectivity index (χ2v) is 8.19. The van der Waals surface area contributed by atoms with Crippen molar-refractivity contribution in [3.05, 3.63) is 42.6 Å². The smallest absolute Gasteiger partial charge is 0.180 e. The van der Waals surface area contributed by atoms with Crippen molar-refractivity contribution in [1.82, 2.24) is 24.3 Å². The standard InChI is InChI=1S/C20H26FN7/c1-20(2,22)13-27-9-3-4-15(12-27)25-17-7-8-23-19(26-17)16-10-24-18-6-5-14(21)11-28(16)18/h5-8,10-11,15H,3-4,9,12-13,22H2,1-2H3,(H,23,25,26)/t15-/m1/s1. The van der Waals surface area contributed by atoms with Crippen LogP contribution in [0.15, 0.2) is 36.8 Å². The molecule has 0 spiro atoms. The molecule has 0 aliphatic carbocycles. The van der Waals surface area contributed by atoms with Crippen molar-refractivity contribution in [3.63, 3.8) is 0 Å². The number of hydrogen-bond acceptors (Lipinski definition) is 6. The van der Waals surface area contributed by atoms with E-state index in [1.165, 1.54) is 12.3 Å². The van der Waals surface area contributed by atoms with E-state index in [0.29, 0.717) is 23.2 Å². The fraction of sp³-hybridized carbons (Fsp3) is 0.450. The number of nitrogens with zero attached hydrogens (tertiary/aromatic N) is 5. The fourth-order valence-electron chi connectivity index (χ4n) is 3.78. The largest absolute Gasteiger partial charge is 0.366 e. The molecule has 0 amide bonds. The Kier molecular flexibility index (Phi) is 4.99. The summed E-state index contributed by atoms with van der Waals surface area (Å²) in [5.41, 5.74) is 7.29. The van der Waals surface area contributed by atoms with Crippen molar-refractivity contribution in [2.24, 2.45) is 5.73 Å². The molecule has 4 heterocycles. The molecule has 28 heavy (non-hydrogen) atoms. The van der Waals surface area contributed by atoms with Gasteiger partial charge in [-0.3, -0.25) is 9.30 Å². The minimum absolute atomic E-state index is 0.206. The predicted molar refractivity (Wildman–Crippen MR) is 108 cm³/mol. The number of fused-ring (bicyclic) bond motifs is 1. The highest BCUT2D eigenvalue weighted by Gasteiger charge is 2.24. The lowest BCUT2D eigenvalue weighted by molar-refractivity contribution is 0.182. The highest BCUT2D eigenvalue weighted by Crippen LogP contribution is 2.21. The molecule has 3 aromatic rings. The highest BCUT2D eigenvalue weighted by atomic mass is 19.1. The number of nitrogens with one attached hydrogen (secondary N) is 1. The summed E-state index contributed by atoms with van der Waals surface area (Å²) in [5.74, 6) is 0.945. The second-order valence-electron chi connectivity index (χ2n) is 8.19. The maximum atomic E-state index is 13.6. The molecule has 148 valence electrons. The van der Waals surface area contributed by atoms with Gasteiger partial charge >= 0.3 is 0 Å². The van der Waals surface area contributed by atoms with E-state index in [-0.39, 0.29) is 11.4 Å². The molecule has 0 radical (unpaired) electrons. The Hall–Kier alpha value is -2.58. The summed E-state index contributed by atoms with van der Waals surface area (Å²) in [7, 11) is 0. The SMILES string of the molecule is CC(C)(N)CN1CCC[C@@H](Nc2ccnc(-c3cnc4ccc(F)cn34)n2)C1. The van der Waals surface area contributed by atoms with Crippen LogP contribution in [0.1, 0.15) is 26.7 Å². The van der Waals surface area contributed by atoms with Gasteiger partial charge in [-0.25, -0.2) is 19.3 Å². The van der Waals surface area contributed by atoms with Crippen LogP contribution >= 0.6 is 0 Å².